The molecule has 1 atom stereocenters. The number of halogens is 1. The molecule has 0 saturated carbocycles. The van der Waals surface area contributed by atoms with Crippen LogP contribution >= 0.6 is 11.6 Å². The van der Waals surface area contributed by atoms with Crippen LogP contribution in [0.1, 0.15) is 0 Å². The highest BCUT2D eigenvalue weighted by Gasteiger charge is 2.13. The van der Waals surface area contributed by atoms with E-state index in [9.17, 15) is 5.11 Å². The van der Waals surface area contributed by atoms with Gasteiger partial charge in [0.2, 0.25) is 0 Å². The van der Waals surface area contributed by atoms with Crippen molar-refractivity contribution in [2.24, 2.45) is 0 Å². The molecule has 0 aliphatic rings. The first-order chi connectivity index (χ1) is 11.8. The number of para-hydroxylation sites is 3. The van der Waals surface area contributed by atoms with Crippen molar-refractivity contribution in [3.05, 3.63) is 54.6 Å². The topological polar surface area (TPSA) is 85.1 Å². The number of anilines is 1. The molecular weight excluding hydrogens is 330 g/mol. The van der Waals surface area contributed by atoms with Gasteiger partial charge >= 0.3 is 6.01 Å². The van der Waals surface area contributed by atoms with Crippen molar-refractivity contribution in [3.63, 3.8) is 0 Å². The van der Waals surface area contributed by atoms with Gasteiger partial charge in [0.15, 0.2) is 5.75 Å². The summed E-state index contributed by atoms with van der Waals surface area (Å²) in [6.45, 7) is 0.313. The molecule has 0 radical (unpaired) electrons. The van der Waals surface area contributed by atoms with Crippen LogP contribution in [0.3, 0.4) is 0 Å². The van der Waals surface area contributed by atoms with E-state index >= 15 is 0 Å². The van der Waals surface area contributed by atoms with E-state index in [2.05, 4.69) is 20.8 Å². The summed E-state index contributed by atoms with van der Waals surface area (Å²) >= 11 is 5.61. The number of alkyl halides is 1. The van der Waals surface area contributed by atoms with Gasteiger partial charge in [-0.1, -0.05) is 35.4 Å². The van der Waals surface area contributed by atoms with Gasteiger partial charge in [0.25, 0.3) is 0 Å². The van der Waals surface area contributed by atoms with E-state index in [-0.39, 0.29) is 11.9 Å². The van der Waals surface area contributed by atoms with Crippen LogP contribution in [-0.2, 0) is 0 Å². The zero-order valence-corrected chi connectivity index (χ0v) is 13.5. The molecule has 0 saturated heterocycles. The van der Waals surface area contributed by atoms with Gasteiger partial charge in [-0.3, -0.25) is 0 Å². The lowest BCUT2D eigenvalue weighted by Gasteiger charge is -2.14. The molecule has 3 aromatic rings. The fourth-order valence-corrected chi connectivity index (χ4v) is 2.17. The number of benzene rings is 2. The molecule has 24 heavy (non-hydrogen) atoms. The van der Waals surface area contributed by atoms with E-state index in [1.807, 2.05) is 48.5 Å². The monoisotopic (exact) mass is 345 g/mol. The molecule has 7 nitrogen and oxygen atoms in total. The van der Waals surface area contributed by atoms with Crippen molar-refractivity contribution in [2.75, 3.05) is 17.7 Å². The third kappa shape index (κ3) is 3.81. The van der Waals surface area contributed by atoms with E-state index < -0.39 is 6.10 Å². The van der Waals surface area contributed by atoms with Crippen molar-refractivity contribution >= 4 is 17.3 Å². The fourth-order valence-electron chi connectivity index (χ4n) is 2.06. The second kappa shape index (κ2) is 7.76. The Morgan fingerprint density at radius 2 is 1.88 bits per heavy atom. The number of aliphatic hydroxyl groups excluding tert-OH is 1. The lowest BCUT2D eigenvalue weighted by atomic mass is 10.3. The van der Waals surface area contributed by atoms with Gasteiger partial charge < -0.3 is 15.2 Å². The first kappa shape index (κ1) is 16.2. The average Bonchev–Trinajstić information content (AvgIpc) is 3.09. The Bertz CT molecular complexity index is 781. The molecule has 2 N–H and O–H groups in total. The molecular formula is C16H16ClN5O2. The molecule has 8 heteroatoms. The molecule has 0 bridgehead atoms. The summed E-state index contributed by atoms with van der Waals surface area (Å²) in [5.41, 5.74) is 1.50. The van der Waals surface area contributed by atoms with Crippen molar-refractivity contribution in [3.8, 4) is 17.4 Å². The van der Waals surface area contributed by atoms with Crippen LogP contribution in [-0.4, -0.2) is 43.8 Å². The predicted octanol–water partition coefficient (Wildman–Crippen LogP) is 2.47. The summed E-state index contributed by atoms with van der Waals surface area (Å²) in [4.78, 5) is 0. The molecule has 0 spiro atoms. The minimum Gasteiger partial charge on any atom is -0.421 e. The van der Waals surface area contributed by atoms with Gasteiger partial charge in [0.1, 0.15) is 0 Å². The van der Waals surface area contributed by atoms with Crippen LogP contribution in [0, 0.1) is 0 Å². The lowest BCUT2D eigenvalue weighted by Crippen LogP contribution is -2.20. The van der Waals surface area contributed by atoms with Crippen molar-refractivity contribution in [2.45, 2.75) is 6.10 Å². The number of hydrogen-bond donors (Lipinski definition) is 2. The number of ether oxygens (including phenoxy) is 1. The van der Waals surface area contributed by atoms with Gasteiger partial charge in [-0.25, -0.2) is 0 Å². The van der Waals surface area contributed by atoms with Gasteiger partial charge in [0.05, 0.1) is 23.4 Å². The highest BCUT2D eigenvalue weighted by molar-refractivity contribution is 6.18. The van der Waals surface area contributed by atoms with E-state index in [4.69, 9.17) is 16.3 Å². The van der Waals surface area contributed by atoms with E-state index in [1.165, 1.54) is 4.68 Å². The standard InChI is InChI=1S/C16H16ClN5O2/c17-10-13(23)11-18-14-8-4-5-9-15(14)24-16-19-20-21-22(16)12-6-2-1-3-7-12/h1-9,13,18,23H,10-11H2. The van der Waals surface area contributed by atoms with E-state index in [0.29, 0.717) is 18.0 Å². The first-order valence-electron chi connectivity index (χ1n) is 7.36. The summed E-state index contributed by atoms with van der Waals surface area (Å²) in [7, 11) is 0. The Labute approximate surface area is 143 Å². The molecule has 1 aromatic heterocycles. The van der Waals surface area contributed by atoms with Crippen LogP contribution < -0.4 is 10.1 Å². The number of tetrazole rings is 1. The Kier molecular flexibility index (Phi) is 5.25. The second-order valence-electron chi connectivity index (χ2n) is 5.00. The maximum Gasteiger partial charge on any atom is 0.345 e. The van der Waals surface area contributed by atoms with Gasteiger partial charge in [0, 0.05) is 6.54 Å². The zero-order chi connectivity index (χ0) is 16.8. The summed E-state index contributed by atoms with van der Waals surface area (Å²) in [5.74, 6) is 0.702. The van der Waals surface area contributed by atoms with Gasteiger partial charge in [-0.2, -0.15) is 4.68 Å². The van der Waals surface area contributed by atoms with Crippen LogP contribution in [0.2, 0.25) is 0 Å². The second-order valence-corrected chi connectivity index (χ2v) is 5.30. The van der Waals surface area contributed by atoms with E-state index in [1.54, 1.807) is 6.07 Å². The third-order valence-corrected chi connectivity index (χ3v) is 3.59. The largest absolute Gasteiger partial charge is 0.421 e. The highest BCUT2D eigenvalue weighted by Crippen LogP contribution is 2.28. The molecule has 0 aliphatic heterocycles. The molecule has 1 heterocycles. The highest BCUT2D eigenvalue weighted by atomic mass is 35.5. The van der Waals surface area contributed by atoms with Crippen LogP contribution in [0.5, 0.6) is 11.8 Å². The van der Waals surface area contributed by atoms with Gasteiger partial charge in [-0.05, 0) is 34.7 Å². The average molecular weight is 346 g/mol. The summed E-state index contributed by atoms with van der Waals surface area (Å²) in [6.07, 6.45) is -0.644. The number of aliphatic hydroxyl groups is 1. The summed E-state index contributed by atoms with van der Waals surface area (Å²) in [6, 6.07) is 17.0. The minimum atomic E-state index is -0.644. The van der Waals surface area contributed by atoms with Crippen molar-refractivity contribution in [1.29, 1.82) is 0 Å². The quantitative estimate of drug-likeness (QED) is 0.640. The molecule has 0 fully saturated rings. The number of rotatable bonds is 7. The molecule has 1 unspecified atom stereocenters. The number of hydrogen-bond acceptors (Lipinski definition) is 6. The maximum absolute atomic E-state index is 9.59. The molecule has 124 valence electrons. The normalized spacial score (nSPS) is 11.9. The minimum absolute atomic E-state index is 0.155. The van der Waals surface area contributed by atoms with Crippen molar-refractivity contribution in [1.82, 2.24) is 20.2 Å². The summed E-state index contributed by atoms with van der Waals surface area (Å²) in [5, 5.41) is 24.2. The fraction of sp³-hybridized carbons (Fsp3) is 0.188. The van der Waals surface area contributed by atoms with Crippen LogP contribution in [0.4, 0.5) is 5.69 Å². The number of aromatic nitrogens is 4. The molecule has 3 rings (SSSR count). The Balaban J connectivity index is 1.81. The first-order valence-corrected chi connectivity index (χ1v) is 7.90. The molecule has 0 aliphatic carbocycles. The number of nitrogens with one attached hydrogen (secondary N) is 1. The SMILES string of the molecule is OC(CCl)CNc1ccccc1Oc1nnnn1-c1ccccc1. The predicted molar refractivity (Wildman–Crippen MR) is 90.9 cm³/mol. The Morgan fingerprint density at radius 3 is 2.67 bits per heavy atom. The lowest BCUT2D eigenvalue weighted by molar-refractivity contribution is 0.211. The Hall–Kier alpha value is -2.64. The van der Waals surface area contributed by atoms with Crippen molar-refractivity contribution < 1.29 is 9.84 Å². The van der Waals surface area contributed by atoms with E-state index in [0.717, 1.165) is 5.69 Å². The van der Waals surface area contributed by atoms with Gasteiger partial charge in [-0.15, -0.1) is 11.6 Å². The number of nitrogens with zero attached hydrogens (tertiary/aromatic N) is 4. The van der Waals surface area contributed by atoms with Crippen LogP contribution in [0.15, 0.2) is 54.6 Å². The summed E-state index contributed by atoms with van der Waals surface area (Å²) < 4.78 is 7.36. The smallest absolute Gasteiger partial charge is 0.345 e. The molecule has 0 amide bonds. The molecule has 2 aromatic carbocycles. The third-order valence-electron chi connectivity index (χ3n) is 3.24. The Morgan fingerprint density at radius 1 is 1.12 bits per heavy atom. The zero-order valence-electron chi connectivity index (χ0n) is 12.7. The van der Waals surface area contributed by atoms with Crippen LogP contribution in [0.25, 0.3) is 5.69 Å². The maximum atomic E-state index is 9.59.